The first-order chi connectivity index (χ1) is 8.45. The number of nitrogens with zero attached hydrogens (tertiary/aromatic N) is 2. The van der Waals surface area contributed by atoms with Gasteiger partial charge >= 0.3 is 6.09 Å². The number of hydrogen-bond acceptors (Lipinski definition) is 7. The first-order valence-electron chi connectivity index (χ1n) is 5.29. The van der Waals surface area contributed by atoms with Crippen molar-refractivity contribution in [2.24, 2.45) is 4.99 Å². The van der Waals surface area contributed by atoms with Gasteiger partial charge in [-0.1, -0.05) is 11.8 Å². The minimum Gasteiger partial charge on any atom is -0.465 e. The largest absolute Gasteiger partial charge is 0.465 e. The molecule has 102 valence electrons. The lowest BCUT2D eigenvalue weighted by atomic mass is 9.99. The number of carbonyl (C=O) groups is 1. The van der Waals surface area contributed by atoms with Crippen molar-refractivity contribution in [1.82, 2.24) is 4.90 Å². The lowest BCUT2D eigenvalue weighted by molar-refractivity contribution is -0.164. The first-order valence-corrected chi connectivity index (χ1v) is 6.17. The summed E-state index contributed by atoms with van der Waals surface area (Å²) in [6, 6.07) is -0.732. The van der Waals surface area contributed by atoms with Gasteiger partial charge in [0.15, 0.2) is 5.17 Å². The lowest BCUT2D eigenvalue weighted by Crippen LogP contribution is -2.55. The van der Waals surface area contributed by atoms with Gasteiger partial charge in [0.1, 0.15) is 29.8 Å². The quantitative estimate of drug-likeness (QED) is 0.460. The molecule has 18 heavy (non-hydrogen) atoms. The highest BCUT2D eigenvalue weighted by molar-refractivity contribution is 8.14. The molecule has 2 rings (SSSR count). The molecule has 2 aliphatic rings. The highest BCUT2D eigenvalue weighted by Crippen LogP contribution is 2.37. The molecule has 1 amide bonds. The first kappa shape index (κ1) is 13.6. The summed E-state index contributed by atoms with van der Waals surface area (Å²) in [5.41, 5.74) is -0.600. The molecular weight excluding hydrogens is 264 g/mol. The number of hydrogen-bond donors (Lipinski definition) is 4. The van der Waals surface area contributed by atoms with Gasteiger partial charge in [-0.3, -0.25) is 9.89 Å². The normalized spacial score (nSPS) is 39.1. The number of aliphatic hydroxyl groups excluding tert-OH is 3. The van der Waals surface area contributed by atoms with Crippen molar-refractivity contribution in [2.75, 3.05) is 13.7 Å². The van der Waals surface area contributed by atoms with Crippen LogP contribution in [0.1, 0.15) is 0 Å². The molecule has 0 aliphatic carbocycles. The van der Waals surface area contributed by atoms with Crippen LogP contribution < -0.4 is 0 Å². The summed E-state index contributed by atoms with van der Waals surface area (Å²) in [6.07, 6.45) is -4.49. The monoisotopic (exact) mass is 278 g/mol. The Morgan fingerprint density at radius 3 is 2.72 bits per heavy atom. The molecule has 8 nitrogen and oxygen atoms in total. The van der Waals surface area contributed by atoms with Crippen molar-refractivity contribution in [3.63, 3.8) is 0 Å². The van der Waals surface area contributed by atoms with E-state index in [1.54, 1.807) is 0 Å². The van der Waals surface area contributed by atoms with Gasteiger partial charge in [-0.05, 0) is 0 Å². The smallest absolute Gasteiger partial charge is 0.413 e. The molecule has 9 heteroatoms. The Hall–Kier alpha value is -0.870. The topological polar surface area (TPSA) is 123 Å². The molecule has 0 spiro atoms. The second kappa shape index (κ2) is 5.02. The van der Waals surface area contributed by atoms with E-state index in [0.717, 1.165) is 16.7 Å². The van der Waals surface area contributed by atoms with Crippen molar-refractivity contribution in [1.29, 1.82) is 0 Å². The molecule has 1 fully saturated rings. The van der Waals surface area contributed by atoms with Crippen molar-refractivity contribution < 1.29 is 30.0 Å². The van der Waals surface area contributed by atoms with Crippen LogP contribution in [0.15, 0.2) is 4.99 Å². The summed E-state index contributed by atoms with van der Waals surface area (Å²) < 4.78 is 5.37. The highest BCUT2D eigenvalue weighted by Gasteiger charge is 2.48. The Morgan fingerprint density at radius 1 is 1.50 bits per heavy atom. The fraction of sp³-hybridized carbons (Fsp3) is 0.778. The van der Waals surface area contributed by atoms with Gasteiger partial charge in [0.2, 0.25) is 0 Å². The van der Waals surface area contributed by atoms with Crippen LogP contribution in [0.3, 0.4) is 0 Å². The van der Waals surface area contributed by atoms with Crippen molar-refractivity contribution in [3.8, 4) is 0 Å². The third-order valence-electron chi connectivity index (χ3n) is 2.90. The molecule has 5 atom stereocenters. The van der Waals surface area contributed by atoms with E-state index in [0.29, 0.717) is 0 Å². The lowest BCUT2D eigenvalue weighted by Gasteiger charge is -2.37. The maximum atomic E-state index is 10.8. The van der Waals surface area contributed by atoms with E-state index < -0.39 is 42.5 Å². The summed E-state index contributed by atoms with van der Waals surface area (Å²) in [6.45, 7) is -0.424. The summed E-state index contributed by atoms with van der Waals surface area (Å²) in [4.78, 5) is 15.8. The third-order valence-corrected chi connectivity index (χ3v) is 4.12. The molecule has 0 aromatic rings. The molecule has 0 aromatic heterocycles. The number of fused-ring (bicyclic) bond motifs is 1. The van der Waals surface area contributed by atoms with Gasteiger partial charge in [0.25, 0.3) is 0 Å². The highest BCUT2D eigenvalue weighted by atomic mass is 32.2. The molecule has 4 N–H and O–H groups in total. The fourth-order valence-corrected chi connectivity index (χ4v) is 3.00. The van der Waals surface area contributed by atoms with E-state index in [-0.39, 0.29) is 5.17 Å². The summed E-state index contributed by atoms with van der Waals surface area (Å²) in [5, 5.41) is 37.6. The molecule has 0 unspecified atom stereocenters. The van der Waals surface area contributed by atoms with E-state index >= 15 is 0 Å². The van der Waals surface area contributed by atoms with Crippen LogP contribution in [0.25, 0.3) is 0 Å². The van der Waals surface area contributed by atoms with Crippen molar-refractivity contribution in [2.45, 2.75) is 29.8 Å². The van der Waals surface area contributed by atoms with Gasteiger partial charge in [0.05, 0.1) is 6.61 Å². The number of amides is 1. The standard InChI is InChI=1S/C9H14N2O6S/c1-11(9(15)16)8-10-4-6(14)5(13)3(2-12)17-7(4)18-8/h3-7,12-14H,2H2,1H3,(H,15,16)/t3-,4-,5-,6-,7-/m1/s1. The number of rotatable bonds is 1. The summed E-state index contributed by atoms with van der Waals surface area (Å²) in [5.74, 6) is 0. The summed E-state index contributed by atoms with van der Waals surface area (Å²) in [7, 11) is 1.33. The van der Waals surface area contributed by atoms with E-state index in [1.807, 2.05) is 0 Å². The average molecular weight is 278 g/mol. The molecule has 0 saturated carbocycles. The molecule has 1 saturated heterocycles. The summed E-state index contributed by atoms with van der Waals surface area (Å²) >= 11 is 1.05. The SMILES string of the molecule is CN(C(=O)O)C1=N[C@@H]2[C@@H](O)[C@H](O)[C@@H](CO)O[C@@H]2S1. The molecule has 0 radical (unpaired) electrons. The predicted molar refractivity (Wildman–Crippen MR) is 62.4 cm³/mol. The van der Waals surface area contributed by atoms with E-state index in [9.17, 15) is 15.0 Å². The third kappa shape index (κ3) is 2.19. The van der Waals surface area contributed by atoms with Gasteiger partial charge in [-0.15, -0.1) is 0 Å². The Balaban J connectivity index is 2.15. The second-order valence-electron chi connectivity index (χ2n) is 4.07. The number of carboxylic acid groups (broad SMARTS) is 1. The number of aliphatic hydroxyl groups is 3. The van der Waals surface area contributed by atoms with Gasteiger partial charge in [-0.2, -0.15) is 0 Å². The molecular formula is C9H14N2O6S. The molecule has 0 aromatic carbocycles. The predicted octanol–water partition coefficient (Wildman–Crippen LogP) is -1.49. The Labute approximate surface area is 107 Å². The van der Waals surface area contributed by atoms with Crippen molar-refractivity contribution >= 4 is 23.0 Å². The zero-order valence-electron chi connectivity index (χ0n) is 9.50. The van der Waals surface area contributed by atoms with Crippen LogP contribution in [0, 0.1) is 0 Å². The maximum absolute atomic E-state index is 10.8. The van der Waals surface area contributed by atoms with Gasteiger partial charge in [0, 0.05) is 7.05 Å². The van der Waals surface area contributed by atoms with E-state index in [1.165, 1.54) is 7.05 Å². The van der Waals surface area contributed by atoms with Crippen LogP contribution in [-0.4, -0.2) is 80.0 Å². The minimum atomic E-state index is -1.24. The zero-order chi connectivity index (χ0) is 13.4. The molecule has 0 bridgehead atoms. The minimum absolute atomic E-state index is 0.197. The van der Waals surface area contributed by atoms with Crippen LogP contribution >= 0.6 is 11.8 Å². The van der Waals surface area contributed by atoms with Crippen LogP contribution in [0.5, 0.6) is 0 Å². The van der Waals surface area contributed by atoms with Crippen LogP contribution in [0.4, 0.5) is 4.79 Å². The molecule has 2 aliphatic heterocycles. The Morgan fingerprint density at radius 2 is 2.17 bits per heavy atom. The number of thioether (sulfide) groups is 1. The maximum Gasteiger partial charge on any atom is 0.413 e. The van der Waals surface area contributed by atoms with E-state index in [4.69, 9.17) is 14.9 Å². The Kier molecular flexibility index (Phi) is 3.78. The van der Waals surface area contributed by atoms with Gasteiger partial charge < -0.3 is 25.2 Å². The fourth-order valence-electron chi connectivity index (χ4n) is 1.81. The average Bonchev–Trinajstić information content (AvgIpc) is 2.76. The second-order valence-corrected chi connectivity index (χ2v) is 5.13. The van der Waals surface area contributed by atoms with Crippen molar-refractivity contribution in [3.05, 3.63) is 0 Å². The Bertz CT molecular complexity index is 378. The number of amidine groups is 1. The van der Waals surface area contributed by atoms with Crippen LogP contribution in [0.2, 0.25) is 0 Å². The number of ether oxygens (including phenoxy) is 1. The number of aliphatic imine (C=N–C) groups is 1. The zero-order valence-corrected chi connectivity index (χ0v) is 10.3. The molecule has 2 heterocycles. The van der Waals surface area contributed by atoms with Crippen LogP contribution in [-0.2, 0) is 4.74 Å². The van der Waals surface area contributed by atoms with E-state index in [2.05, 4.69) is 4.99 Å². The van der Waals surface area contributed by atoms with Gasteiger partial charge in [-0.25, -0.2) is 4.79 Å².